The van der Waals surface area contributed by atoms with Crippen LogP contribution in [0.25, 0.3) is 0 Å². The maximum Gasteiger partial charge on any atom is 0.272 e. The van der Waals surface area contributed by atoms with Crippen molar-refractivity contribution in [3.8, 4) is 0 Å². The number of halogens is 1. The van der Waals surface area contributed by atoms with Crippen LogP contribution in [-0.4, -0.2) is 27.8 Å². The second kappa shape index (κ2) is 11.3. The molecule has 0 fully saturated rings. The monoisotopic (exact) mass is 496 g/mol. The minimum absolute atomic E-state index is 0.0365. The van der Waals surface area contributed by atoms with E-state index in [0.29, 0.717) is 37.7 Å². The fraction of sp³-hybridized carbons (Fsp3) is 0.240. The van der Waals surface area contributed by atoms with E-state index in [1.807, 2.05) is 41.8 Å². The molecule has 3 aromatic heterocycles. The third kappa shape index (κ3) is 5.64. The lowest BCUT2D eigenvalue weighted by molar-refractivity contribution is 0.0945. The molecule has 1 amide bonds. The summed E-state index contributed by atoms with van der Waals surface area (Å²) < 4.78 is 6.96. The Labute approximate surface area is 206 Å². The minimum atomic E-state index is -0.248. The molecule has 0 unspecified atom stereocenters. The molecule has 0 saturated heterocycles. The topological polar surface area (TPSA) is 89.0 Å². The molecule has 0 aliphatic heterocycles. The van der Waals surface area contributed by atoms with Gasteiger partial charge in [-0.1, -0.05) is 30.3 Å². The first-order valence-corrected chi connectivity index (χ1v) is 12.2. The molecule has 0 spiro atoms. The predicted octanol–water partition coefficient (Wildman–Crippen LogP) is 4.09. The fourth-order valence-electron chi connectivity index (χ4n) is 3.68. The normalized spacial score (nSPS) is 11.0. The van der Waals surface area contributed by atoms with E-state index >= 15 is 0 Å². The summed E-state index contributed by atoms with van der Waals surface area (Å²) in [5, 5.41) is 12.2. The second-order valence-electron chi connectivity index (χ2n) is 7.81. The number of nitrogens with zero attached hydrogens (tertiary/aromatic N) is 2. The van der Waals surface area contributed by atoms with E-state index in [1.54, 1.807) is 41.3 Å². The highest BCUT2D eigenvalue weighted by Gasteiger charge is 2.20. The Kier molecular flexibility index (Phi) is 7.95. The average molecular weight is 497 g/mol. The number of methoxy groups -OCH3 is 1. The minimum Gasteiger partial charge on any atom is -0.378 e. The number of pyridine rings is 1. The number of ether oxygens (including phenoxy) is 1. The zero-order chi connectivity index (χ0) is 23.9. The van der Waals surface area contributed by atoms with Gasteiger partial charge in [0.05, 0.1) is 25.4 Å². The molecule has 176 valence electrons. The molecule has 0 saturated carbocycles. The third-order valence-electron chi connectivity index (χ3n) is 5.50. The number of carbonyl (C=O) groups is 1. The zero-order valence-electron chi connectivity index (χ0n) is 18.7. The summed E-state index contributed by atoms with van der Waals surface area (Å²) in [5.74, 6) is 0.164. The number of aromatic amines is 1. The fourth-order valence-corrected chi connectivity index (χ4v) is 4.86. The number of amides is 1. The van der Waals surface area contributed by atoms with Gasteiger partial charge in [0.2, 0.25) is 0 Å². The first-order chi connectivity index (χ1) is 16.6. The molecule has 4 rings (SSSR count). The molecular formula is C25H25ClN4O3S. The van der Waals surface area contributed by atoms with Crippen LogP contribution in [-0.2, 0) is 36.7 Å². The van der Waals surface area contributed by atoms with Gasteiger partial charge in [-0.05, 0) is 34.2 Å². The summed E-state index contributed by atoms with van der Waals surface area (Å²) in [7, 11) is 1.61. The maximum absolute atomic E-state index is 13.0. The van der Waals surface area contributed by atoms with Gasteiger partial charge in [-0.2, -0.15) is 5.10 Å². The van der Waals surface area contributed by atoms with Crippen LogP contribution < -0.4 is 10.9 Å². The molecule has 9 heteroatoms. The molecular weight excluding hydrogens is 472 g/mol. The van der Waals surface area contributed by atoms with Crippen molar-refractivity contribution in [2.75, 3.05) is 7.11 Å². The van der Waals surface area contributed by atoms with Gasteiger partial charge in [0.15, 0.2) is 5.69 Å². The van der Waals surface area contributed by atoms with Crippen molar-refractivity contribution in [1.29, 1.82) is 0 Å². The molecule has 0 radical (unpaired) electrons. The number of nitrogens with one attached hydrogen (secondary N) is 2. The SMILES string of the molecule is COCc1[nH]nc(C(=O)NCc2sccc2CCl)c1Cc1ccc(Cn2ccccc2=O)cc1. The van der Waals surface area contributed by atoms with Crippen LogP contribution in [0.3, 0.4) is 0 Å². The zero-order valence-corrected chi connectivity index (χ0v) is 20.3. The Balaban J connectivity index is 1.49. The Morgan fingerprint density at radius 3 is 2.71 bits per heavy atom. The number of alkyl halides is 1. The highest BCUT2D eigenvalue weighted by Crippen LogP contribution is 2.21. The summed E-state index contributed by atoms with van der Waals surface area (Å²) in [6, 6.07) is 15.1. The van der Waals surface area contributed by atoms with Gasteiger partial charge in [0.1, 0.15) is 0 Å². The van der Waals surface area contributed by atoms with Crippen LogP contribution in [0.15, 0.2) is 64.9 Å². The van der Waals surface area contributed by atoms with Gasteiger partial charge in [0.25, 0.3) is 11.5 Å². The van der Waals surface area contributed by atoms with Gasteiger partial charge in [-0.15, -0.1) is 22.9 Å². The first kappa shape index (κ1) is 23.9. The van der Waals surface area contributed by atoms with Gasteiger partial charge in [-0.3, -0.25) is 14.7 Å². The lowest BCUT2D eigenvalue weighted by Crippen LogP contribution is -2.24. The van der Waals surface area contributed by atoms with E-state index in [0.717, 1.165) is 32.8 Å². The van der Waals surface area contributed by atoms with Crippen LogP contribution in [0, 0.1) is 0 Å². The van der Waals surface area contributed by atoms with E-state index in [9.17, 15) is 9.59 Å². The van der Waals surface area contributed by atoms with Gasteiger partial charge in [-0.25, -0.2) is 0 Å². The summed E-state index contributed by atoms with van der Waals surface area (Å²) in [5.41, 5.74) is 4.96. The van der Waals surface area contributed by atoms with Crippen molar-refractivity contribution in [1.82, 2.24) is 20.1 Å². The van der Waals surface area contributed by atoms with Gasteiger partial charge in [0, 0.05) is 42.1 Å². The molecule has 7 nitrogen and oxygen atoms in total. The predicted molar refractivity (Wildman–Crippen MR) is 133 cm³/mol. The van der Waals surface area contributed by atoms with E-state index in [4.69, 9.17) is 16.3 Å². The molecule has 2 N–H and O–H groups in total. The second-order valence-corrected chi connectivity index (χ2v) is 9.08. The Bertz CT molecular complexity index is 1310. The number of hydrogen-bond donors (Lipinski definition) is 2. The number of carbonyl (C=O) groups excluding carboxylic acids is 1. The van der Waals surface area contributed by atoms with Crippen molar-refractivity contribution in [3.63, 3.8) is 0 Å². The van der Waals surface area contributed by atoms with E-state index < -0.39 is 0 Å². The molecule has 1 aromatic carbocycles. The Morgan fingerprint density at radius 1 is 1.18 bits per heavy atom. The number of aromatic nitrogens is 3. The Morgan fingerprint density at radius 2 is 1.97 bits per heavy atom. The van der Waals surface area contributed by atoms with Crippen molar-refractivity contribution in [2.24, 2.45) is 0 Å². The van der Waals surface area contributed by atoms with E-state index in [-0.39, 0.29) is 11.5 Å². The standard InChI is InChI=1S/C25H25ClN4O3S/c1-33-16-21-20(24(29-28-21)25(32)27-14-22-19(13-26)9-11-34-22)12-17-5-7-18(8-6-17)15-30-10-3-2-4-23(30)31/h2-11H,12-16H2,1H3,(H,27,32)(H,28,29). The Hall–Kier alpha value is -3.20. The van der Waals surface area contributed by atoms with Gasteiger partial charge < -0.3 is 14.6 Å². The maximum atomic E-state index is 13.0. The van der Waals surface area contributed by atoms with Crippen LogP contribution in [0.4, 0.5) is 0 Å². The quantitative estimate of drug-likeness (QED) is 0.324. The molecule has 0 bridgehead atoms. The lowest BCUT2D eigenvalue weighted by Gasteiger charge is -2.09. The van der Waals surface area contributed by atoms with Crippen LogP contribution in [0.1, 0.15) is 43.3 Å². The first-order valence-electron chi connectivity index (χ1n) is 10.8. The molecule has 4 aromatic rings. The molecule has 0 aliphatic carbocycles. The summed E-state index contributed by atoms with van der Waals surface area (Å²) >= 11 is 7.53. The lowest BCUT2D eigenvalue weighted by atomic mass is 10.0. The average Bonchev–Trinajstić information content (AvgIpc) is 3.47. The van der Waals surface area contributed by atoms with Crippen molar-refractivity contribution >= 4 is 28.8 Å². The van der Waals surface area contributed by atoms with E-state index in [2.05, 4.69) is 15.5 Å². The number of benzene rings is 1. The van der Waals surface area contributed by atoms with Crippen LogP contribution in [0.5, 0.6) is 0 Å². The number of thiophene rings is 1. The van der Waals surface area contributed by atoms with Crippen molar-refractivity contribution in [3.05, 3.63) is 109 Å². The summed E-state index contributed by atoms with van der Waals surface area (Å²) in [6.07, 6.45) is 2.30. The molecule has 0 atom stereocenters. The van der Waals surface area contributed by atoms with Crippen LogP contribution >= 0.6 is 22.9 Å². The number of hydrogen-bond acceptors (Lipinski definition) is 5. The highest BCUT2D eigenvalue weighted by molar-refractivity contribution is 7.10. The highest BCUT2D eigenvalue weighted by atomic mass is 35.5. The van der Waals surface area contributed by atoms with E-state index in [1.165, 1.54) is 0 Å². The van der Waals surface area contributed by atoms with Crippen LogP contribution in [0.2, 0.25) is 0 Å². The largest absolute Gasteiger partial charge is 0.378 e. The van der Waals surface area contributed by atoms with Crippen molar-refractivity contribution in [2.45, 2.75) is 32.0 Å². The van der Waals surface area contributed by atoms with Gasteiger partial charge >= 0.3 is 0 Å². The third-order valence-corrected chi connectivity index (χ3v) is 6.75. The molecule has 0 aliphatic rings. The molecule has 34 heavy (non-hydrogen) atoms. The number of H-pyrrole nitrogens is 1. The van der Waals surface area contributed by atoms with Crippen molar-refractivity contribution < 1.29 is 9.53 Å². The summed E-state index contributed by atoms with van der Waals surface area (Å²) in [6.45, 7) is 1.23. The smallest absolute Gasteiger partial charge is 0.272 e. The summed E-state index contributed by atoms with van der Waals surface area (Å²) in [4.78, 5) is 26.0. The number of rotatable bonds is 10. The molecule has 3 heterocycles.